The zero-order valence-corrected chi connectivity index (χ0v) is 11.4. The van der Waals surface area contributed by atoms with Gasteiger partial charge in [-0.15, -0.1) is 0 Å². The van der Waals surface area contributed by atoms with E-state index in [1.165, 1.54) is 18.2 Å². The first kappa shape index (κ1) is 13.5. The molecule has 2 bridgehead atoms. The molecule has 3 nitrogen and oxygen atoms in total. The SMILES string of the molecule is O=C1[C@@H]2[C@H](C(=O)N1c1ccccc1C(F)(F)F)[C@H]1C=C[C@H]2C1. The summed E-state index contributed by atoms with van der Waals surface area (Å²) in [5, 5.41) is 0. The van der Waals surface area contributed by atoms with E-state index < -0.39 is 35.4 Å². The highest BCUT2D eigenvalue weighted by Gasteiger charge is 2.60. The van der Waals surface area contributed by atoms with Crippen LogP contribution in [0.2, 0.25) is 0 Å². The van der Waals surface area contributed by atoms with Crippen LogP contribution >= 0.6 is 0 Å². The van der Waals surface area contributed by atoms with E-state index in [9.17, 15) is 22.8 Å². The third-order valence-electron chi connectivity index (χ3n) is 4.92. The number of benzene rings is 1. The normalized spacial score (nSPS) is 33.0. The quantitative estimate of drug-likeness (QED) is 0.591. The molecule has 0 radical (unpaired) electrons. The number of anilines is 1. The number of carbonyl (C=O) groups excluding carboxylic acids is 2. The van der Waals surface area contributed by atoms with Gasteiger partial charge in [-0.3, -0.25) is 9.59 Å². The molecule has 0 N–H and O–H groups in total. The number of halogens is 3. The van der Waals surface area contributed by atoms with Gasteiger partial charge in [0.25, 0.3) is 0 Å². The fourth-order valence-corrected chi connectivity index (χ4v) is 4.05. The molecule has 1 heterocycles. The molecule has 1 aromatic carbocycles. The number of imide groups is 1. The lowest BCUT2D eigenvalue weighted by atomic mass is 9.85. The second kappa shape index (κ2) is 4.21. The van der Waals surface area contributed by atoms with Crippen molar-refractivity contribution in [3.63, 3.8) is 0 Å². The van der Waals surface area contributed by atoms with E-state index >= 15 is 0 Å². The summed E-state index contributed by atoms with van der Waals surface area (Å²) in [7, 11) is 0. The summed E-state index contributed by atoms with van der Waals surface area (Å²) in [6.45, 7) is 0. The van der Waals surface area contributed by atoms with Crippen molar-refractivity contribution in [1.82, 2.24) is 0 Å². The molecule has 1 saturated heterocycles. The molecule has 1 aliphatic heterocycles. The van der Waals surface area contributed by atoms with Gasteiger partial charge in [-0.1, -0.05) is 24.3 Å². The number of para-hydroxylation sites is 1. The molecule has 2 aliphatic carbocycles. The van der Waals surface area contributed by atoms with Gasteiger partial charge in [0.2, 0.25) is 11.8 Å². The van der Waals surface area contributed by atoms with E-state index in [4.69, 9.17) is 0 Å². The summed E-state index contributed by atoms with van der Waals surface area (Å²) in [6, 6.07) is 4.75. The van der Waals surface area contributed by atoms with Gasteiger partial charge in [0.1, 0.15) is 0 Å². The number of nitrogens with zero attached hydrogens (tertiary/aromatic N) is 1. The van der Waals surface area contributed by atoms with Crippen molar-refractivity contribution in [2.75, 3.05) is 4.90 Å². The van der Waals surface area contributed by atoms with Gasteiger partial charge in [0, 0.05) is 0 Å². The largest absolute Gasteiger partial charge is 0.418 e. The second-order valence-corrected chi connectivity index (χ2v) is 6.03. The third kappa shape index (κ3) is 1.63. The average Bonchev–Trinajstić information content (AvgIpc) is 3.12. The van der Waals surface area contributed by atoms with Crippen molar-refractivity contribution < 1.29 is 22.8 Å². The zero-order valence-electron chi connectivity index (χ0n) is 11.4. The van der Waals surface area contributed by atoms with Gasteiger partial charge in [0.15, 0.2) is 0 Å². The van der Waals surface area contributed by atoms with E-state index in [0.29, 0.717) is 0 Å². The molecule has 114 valence electrons. The highest BCUT2D eigenvalue weighted by molar-refractivity contribution is 6.23. The van der Waals surface area contributed by atoms with Gasteiger partial charge >= 0.3 is 6.18 Å². The van der Waals surface area contributed by atoms with Crippen LogP contribution in [-0.4, -0.2) is 11.8 Å². The van der Waals surface area contributed by atoms with E-state index in [1.54, 1.807) is 0 Å². The zero-order chi connectivity index (χ0) is 15.6. The van der Waals surface area contributed by atoms with Crippen molar-refractivity contribution in [2.45, 2.75) is 12.6 Å². The molecule has 4 rings (SSSR count). The van der Waals surface area contributed by atoms with Crippen molar-refractivity contribution >= 4 is 17.5 Å². The van der Waals surface area contributed by atoms with E-state index in [0.717, 1.165) is 17.4 Å². The Balaban J connectivity index is 1.80. The number of fused-ring (bicyclic) bond motifs is 5. The van der Waals surface area contributed by atoms with Gasteiger partial charge in [0.05, 0.1) is 23.1 Å². The van der Waals surface area contributed by atoms with Crippen LogP contribution in [0, 0.1) is 23.7 Å². The van der Waals surface area contributed by atoms with Crippen LogP contribution in [0.15, 0.2) is 36.4 Å². The van der Waals surface area contributed by atoms with Crippen LogP contribution < -0.4 is 4.90 Å². The monoisotopic (exact) mass is 307 g/mol. The molecule has 3 aliphatic rings. The lowest BCUT2D eigenvalue weighted by Crippen LogP contribution is -2.34. The first-order valence-electron chi connectivity index (χ1n) is 7.12. The number of amides is 2. The Labute approximate surface area is 124 Å². The summed E-state index contributed by atoms with van der Waals surface area (Å²) in [5.74, 6) is -2.02. The third-order valence-corrected chi connectivity index (χ3v) is 4.92. The van der Waals surface area contributed by atoms with E-state index in [-0.39, 0.29) is 17.5 Å². The van der Waals surface area contributed by atoms with Crippen LogP contribution in [0.25, 0.3) is 0 Å². The van der Waals surface area contributed by atoms with Gasteiger partial charge in [-0.25, -0.2) is 4.90 Å². The molecule has 2 amide bonds. The predicted molar refractivity (Wildman–Crippen MR) is 71.7 cm³/mol. The van der Waals surface area contributed by atoms with Crippen LogP contribution in [0.5, 0.6) is 0 Å². The molecule has 4 atom stereocenters. The molecule has 6 heteroatoms. The summed E-state index contributed by atoms with van der Waals surface area (Å²) >= 11 is 0. The molecule has 0 aromatic heterocycles. The lowest BCUT2D eigenvalue weighted by Gasteiger charge is -2.21. The molecular formula is C16H12F3NO2. The lowest BCUT2D eigenvalue weighted by molar-refractivity contribution is -0.137. The Kier molecular flexibility index (Phi) is 2.59. The number of carbonyl (C=O) groups is 2. The van der Waals surface area contributed by atoms with Crippen molar-refractivity contribution in [1.29, 1.82) is 0 Å². The number of hydrogen-bond donors (Lipinski definition) is 0. The van der Waals surface area contributed by atoms with Crippen molar-refractivity contribution in [3.05, 3.63) is 42.0 Å². The van der Waals surface area contributed by atoms with Crippen LogP contribution in [0.3, 0.4) is 0 Å². The second-order valence-electron chi connectivity index (χ2n) is 6.03. The Hall–Kier alpha value is -2.11. The highest BCUT2D eigenvalue weighted by atomic mass is 19.4. The minimum Gasteiger partial charge on any atom is -0.274 e. The predicted octanol–water partition coefficient (Wildman–Crippen LogP) is 3.02. The smallest absolute Gasteiger partial charge is 0.274 e. The van der Waals surface area contributed by atoms with Crippen molar-refractivity contribution in [2.24, 2.45) is 23.7 Å². The number of rotatable bonds is 1. The fraction of sp³-hybridized carbons (Fsp3) is 0.375. The van der Waals surface area contributed by atoms with Gasteiger partial charge in [-0.05, 0) is 30.4 Å². The molecule has 1 saturated carbocycles. The number of alkyl halides is 3. The van der Waals surface area contributed by atoms with Crippen LogP contribution in [-0.2, 0) is 15.8 Å². The molecule has 0 unspecified atom stereocenters. The number of allylic oxidation sites excluding steroid dienone is 2. The molecule has 2 fully saturated rings. The molecule has 1 aromatic rings. The Bertz CT molecular complexity index is 680. The summed E-state index contributed by atoms with van der Waals surface area (Å²) in [4.78, 5) is 25.9. The topological polar surface area (TPSA) is 37.4 Å². The molecular weight excluding hydrogens is 295 g/mol. The van der Waals surface area contributed by atoms with Crippen LogP contribution in [0.1, 0.15) is 12.0 Å². The minimum atomic E-state index is -4.61. The maximum atomic E-state index is 13.2. The molecule has 22 heavy (non-hydrogen) atoms. The Morgan fingerprint density at radius 3 is 2.05 bits per heavy atom. The highest BCUT2D eigenvalue weighted by Crippen LogP contribution is 2.54. The number of hydrogen-bond acceptors (Lipinski definition) is 2. The van der Waals surface area contributed by atoms with E-state index in [2.05, 4.69) is 0 Å². The first-order valence-corrected chi connectivity index (χ1v) is 7.12. The maximum Gasteiger partial charge on any atom is 0.418 e. The first-order chi connectivity index (χ1) is 10.4. The summed E-state index contributed by atoms with van der Waals surface area (Å²) < 4.78 is 39.5. The van der Waals surface area contributed by atoms with Gasteiger partial charge < -0.3 is 0 Å². The summed E-state index contributed by atoms with van der Waals surface area (Å²) in [5.41, 5.74) is -1.30. The summed E-state index contributed by atoms with van der Waals surface area (Å²) in [6.07, 6.45) is -0.0278. The standard InChI is InChI=1S/C16H12F3NO2/c17-16(18,19)10-3-1-2-4-11(10)20-14(21)12-8-5-6-9(7-8)13(12)15(20)22/h1-6,8-9,12-13H,7H2/t8-,9-,12-,13+/m0/s1. The Morgan fingerprint density at radius 2 is 1.50 bits per heavy atom. The fourth-order valence-electron chi connectivity index (χ4n) is 4.05. The van der Waals surface area contributed by atoms with Crippen molar-refractivity contribution in [3.8, 4) is 0 Å². The van der Waals surface area contributed by atoms with Crippen LogP contribution in [0.4, 0.5) is 18.9 Å². The molecule has 0 spiro atoms. The average molecular weight is 307 g/mol. The Morgan fingerprint density at radius 1 is 0.955 bits per heavy atom. The van der Waals surface area contributed by atoms with Gasteiger partial charge in [-0.2, -0.15) is 13.2 Å². The van der Waals surface area contributed by atoms with E-state index in [1.807, 2.05) is 12.2 Å². The minimum absolute atomic E-state index is 0.0190. The maximum absolute atomic E-state index is 13.2.